The average molecular weight is 741 g/mol. The zero-order valence-electron chi connectivity index (χ0n) is 31.7. The first-order valence-corrected chi connectivity index (χ1v) is 20.3. The van der Waals surface area contributed by atoms with Gasteiger partial charge in [-0.25, -0.2) is 0 Å². The lowest BCUT2D eigenvalue weighted by Crippen LogP contribution is -1.99. The third kappa shape index (κ3) is 4.29. The summed E-state index contributed by atoms with van der Waals surface area (Å²) in [6.07, 6.45) is 8.85. The Kier molecular flexibility index (Phi) is 6.53. The minimum Gasteiger partial charge on any atom is -0.312 e. The molecule has 0 N–H and O–H groups in total. The van der Waals surface area contributed by atoms with Crippen molar-refractivity contribution < 1.29 is 0 Å². The monoisotopic (exact) mass is 740 g/mol. The summed E-state index contributed by atoms with van der Waals surface area (Å²) in [6.45, 7) is 0. The lowest BCUT2D eigenvalue weighted by Gasteiger charge is -2.15. The molecule has 0 amide bonds. The Bertz CT molecular complexity index is 3720. The second-order valence-corrected chi connectivity index (χ2v) is 15.6. The fourth-order valence-corrected chi connectivity index (χ4v) is 10.2. The van der Waals surface area contributed by atoms with Crippen LogP contribution in [0, 0.1) is 0 Å². The molecule has 12 aromatic rings. The fourth-order valence-electron chi connectivity index (χ4n) is 10.2. The van der Waals surface area contributed by atoms with Crippen LogP contribution < -0.4 is 0 Å². The lowest BCUT2D eigenvalue weighted by molar-refractivity contribution is 0.980. The van der Waals surface area contributed by atoms with Crippen LogP contribution in [-0.4, -0.2) is 18.3 Å². The number of para-hydroxylation sites is 5. The maximum absolute atomic E-state index is 2.55. The van der Waals surface area contributed by atoms with E-state index in [9.17, 15) is 0 Å². The molecule has 13 rings (SSSR count). The highest BCUT2D eigenvalue weighted by Crippen LogP contribution is 2.45. The number of hydrogen-bond acceptors (Lipinski definition) is 0. The number of allylic oxidation sites excluding steroid dienone is 4. The molecule has 0 bridgehead atoms. The number of benzene rings is 8. The minimum absolute atomic E-state index is 0.999. The normalized spacial score (nSPS) is 13.4. The van der Waals surface area contributed by atoms with Crippen LogP contribution >= 0.6 is 0 Å². The third-order valence-corrected chi connectivity index (χ3v) is 12.6. The maximum Gasteiger partial charge on any atom is 0.0638 e. The van der Waals surface area contributed by atoms with Crippen molar-refractivity contribution in [3.63, 3.8) is 0 Å². The van der Waals surface area contributed by atoms with Gasteiger partial charge >= 0.3 is 0 Å². The van der Waals surface area contributed by atoms with Crippen molar-refractivity contribution in [2.45, 2.75) is 12.8 Å². The average Bonchev–Trinajstić information content (AvgIpc) is 4.01. The van der Waals surface area contributed by atoms with Gasteiger partial charge < -0.3 is 18.3 Å². The van der Waals surface area contributed by atoms with Gasteiger partial charge in [0, 0.05) is 65.8 Å². The summed E-state index contributed by atoms with van der Waals surface area (Å²) in [4.78, 5) is 0. The van der Waals surface area contributed by atoms with Crippen LogP contribution in [0.5, 0.6) is 0 Å². The van der Waals surface area contributed by atoms with E-state index in [1.165, 1.54) is 92.9 Å². The molecule has 8 aromatic carbocycles. The van der Waals surface area contributed by atoms with Crippen LogP contribution in [0.1, 0.15) is 12.8 Å². The van der Waals surface area contributed by atoms with Crippen molar-refractivity contribution in [2.75, 3.05) is 0 Å². The van der Waals surface area contributed by atoms with Crippen LogP contribution in [-0.2, 0) is 0 Å². The van der Waals surface area contributed by atoms with Crippen molar-refractivity contribution in [1.82, 2.24) is 18.3 Å². The topological polar surface area (TPSA) is 19.7 Å². The zero-order chi connectivity index (χ0) is 37.9. The maximum atomic E-state index is 2.55. The minimum atomic E-state index is 0.999. The van der Waals surface area contributed by atoms with Crippen LogP contribution in [0.15, 0.2) is 194 Å². The van der Waals surface area contributed by atoms with E-state index in [-0.39, 0.29) is 0 Å². The molecule has 0 unspecified atom stereocenters. The SMILES string of the molecule is C1=CCCC(n2c3ccccc3c3ccc4c(c5cc(-n6c7ccccc7c7cc8c9ccccc9n(-c9ccccc9)c8cc76)ccc5n4-c4ccccc4)c32)=C1. The first-order chi connectivity index (χ1) is 28.8. The van der Waals surface area contributed by atoms with Crippen LogP contribution in [0.25, 0.3) is 110 Å². The van der Waals surface area contributed by atoms with Crippen LogP contribution in [0.3, 0.4) is 0 Å². The molecule has 0 aliphatic heterocycles. The van der Waals surface area contributed by atoms with Gasteiger partial charge in [0.25, 0.3) is 0 Å². The van der Waals surface area contributed by atoms with Crippen molar-refractivity contribution in [3.8, 4) is 17.1 Å². The summed E-state index contributed by atoms with van der Waals surface area (Å²) >= 11 is 0. The predicted octanol–water partition coefficient (Wildman–Crippen LogP) is 14.3. The molecule has 0 fully saturated rings. The van der Waals surface area contributed by atoms with Gasteiger partial charge in [0.2, 0.25) is 0 Å². The lowest BCUT2D eigenvalue weighted by atomic mass is 10.1. The Balaban J connectivity index is 1.18. The Hall–Kier alpha value is -7.56. The Labute approximate surface area is 334 Å². The van der Waals surface area contributed by atoms with Gasteiger partial charge in [-0.1, -0.05) is 109 Å². The van der Waals surface area contributed by atoms with Crippen LogP contribution in [0.4, 0.5) is 0 Å². The van der Waals surface area contributed by atoms with Gasteiger partial charge in [-0.3, -0.25) is 0 Å². The molecule has 0 atom stereocenters. The van der Waals surface area contributed by atoms with Gasteiger partial charge in [0.05, 0.1) is 44.1 Å². The van der Waals surface area contributed by atoms with Gasteiger partial charge in [-0.2, -0.15) is 0 Å². The molecule has 58 heavy (non-hydrogen) atoms. The molecule has 1 aliphatic rings. The van der Waals surface area contributed by atoms with E-state index < -0.39 is 0 Å². The fraction of sp³-hybridized carbons (Fsp3) is 0.0370. The smallest absolute Gasteiger partial charge is 0.0638 e. The Morgan fingerprint density at radius 1 is 0.328 bits per heavy atom. The highest BCUT2D eigenvalue weighted by atomic mass is 15.0. The zero-order valence-corrected chi connectivity index (χ0v) is 31.7. The number of hydrogen-bond donors (Lipinski definition) is 0. The number of aromatic nitrogens is 4. The van der Waals surface area contributed by atoms with E-state index in [1.807, 2.05) is 0 Å². The van der Waals surface area contributed by atoms with Crippen LogP contribution in [0.2, 0.25) is 0 Å². The van der Waals surface area contributed by atoms with Gasteiger partial charge in [-0.15, -0.1) is 0 Å². The molecular formula is C54H36N4. The molecule has 4 heterocycles. The van der Waals surface area contributed by atoms with Crippen molar-refractivity contribution in [1.29, 1.82) is 0 Å². The highest BCUT2D eigenvalue weighted by molar-refractivity contribution is 6.27. The molecule has 0 radical (unpaired) electrons. The summed E-state index contributed by atoms with van der Waals surface area (Å²) in [5.74, 6) is 0. The van der Waals surface area contributed by atoms with E-state index in [0.29, 0.717) is 0 Å². The summed E-state index contributed by atoms with van der Waals surface area (Å²) in [7, 11) is 0. The molecule has 0 saturated carbocycles. The van der Waals surface area contributed by atoms with E-state index in [1.54, 1.807) is 0 Å². The highest BCUT2D eigenvalue weighted by Gasteiger charge is 2.24. The van der Waals surface area contributed by atoms with E-state index in [2.05, 4.69) is 212 Å². The van der Waals surface area contributed by atoms with Crippen molar-refractivity contribution in [3.05, 3.63) is 194 Å². The van der Waals surface area contributed by atoms with Gasteiger partial charge in [-0.05, 0) is 97.8 Å². The first kappa shape index (κ1) is 31.6. The largest absolute Gasteiger partial charge is 0.312 e. The summed E-state index contributed by atoms with van der Waals surface area (Å²) in [5, 5.41) is 10.1. The quantitative estimate of drug-likeness (QED) is 0.171. The van der Waals surface area contributed by atoms with E-state index in [0.717, 1.165) is 29.9 Å². The number of nitrogens with zero attached hydrogens (tertiary/aromatic N) is 4. The predicted molar refractivity (Wildman–Crippen MR) is 245 cm³/mol. The third-order valence-electron chi connectivity index (χ3n) is 12.6. The Morgan fingerprint density at radius 3 is 1.47 bits per heavy atom. The van der Waals surface area contributed by atoms with Gasteiger partial charge in [0.15, 0.2) is 0 Å². The Morgan fingerprint density at radius 2 is 0.845 bits per heavy atom. The summed E-state index contributed by atoms with van der Waals surface area (Å²) in [5.41, 5.74) is 14.5. The standard InChI is InChI=1S/C54H36N4/c1-4-16-35(17-5-1)55-49-30-28-38(32-45(49)53-50(55)31-29-42-39-22-10-15-27-48(39)58(54(42)53)37-20-8-3-9-21-37)57-47-26-14-12-24-41(47)44-33-43-40-23-11-13-25-46(40)56(51(43)34-52(44)57)36-18-6-2-7-19-36/h1-8,10-20,22-34H,9,21H2. The second kappa shape index (κ2) is 12.0. The molecule has 4 heteroatoms. The molecule has 4 nitrogen and oxygen atoms in total. The second-order valence-electron chi connectivity index (χ2n) is 15.6. The molecule has 0 saturated heterocycles. The molecule has 1 aliphatic carbocycles. The summed E-state index contributed by atoms with van der Waals surface area (Å²) < 4.78 is 9.93. The van der Waals surface area contributed by atoms with E-state index in [4.69, 9.17) is 0 Å². The number of fused-ring (bicyclic) bond motifs is 13. The van der Waals surface area contributed by atoms with Crippen molar-refractivity contribution in [2.24, 2.45) is 0 Å². The molecule has 0 spiro atoms. The van der Waals surface area contributed by atoms with Gasteiger partial charge in [0.1, 0.15) is 0 Å². The molecule has 272 valence electrons. The summed E-state index contributed by atoms with van der Waals surface area (Å²) in [6, 6.07) is 64.9. The first-order valence-electron chi connectivity index (χ1n) is 20.3. The molecular weight excluding hydrogens is 705 g/mol. The van der Waals surface area contributed by atoms with Crippen molar-refractivity contribution >= 4 is 92.9 Å². The number of rotatable bonds is 4. The van der Waals surface area contributed by atoms with E-state index >= 15 is 0 Å². The molecule has 4 aromatic heterocycles.